The number of allylic oxidation sites excluding steroid dienone is 1. The number of carbonyl (C=O) groups excluding carboxylic acids is 2. The normalized spacial score (nSPS) is 19.1. The van der Waals surface area contributed by atoms with E-state index in [4.69, 9.17) is 9.47 Å². The van der Waals surface area contributed by atoms with Crippen LogP contribution in [0.5, 0.6) is 5.75 Å². The molecule has 7 heteroatoms. The van der Waals surface area contributed by atoms with Gasteiger partial charge in [-0.3, -0.25) is 9.69 Å². The van der Waals surface area contributed by atoms with E-state index in [1.54, 1.807) is 11.8 Å². The second-order valence-electron chi connectivity index (χ2n) is 6.46. The summed E-state index contributed by atoms with van der Waals surface area (Å²) < 4.78 is 10.9. The van der Waals surface area contributed by atoms with Gasteiger partial charge in [-0.05, 0) is 31.0 Å². The van der Waals surface area contributed by atoms with Crippen molar-refractivity contribution >= 4 is 28.8 Å². The molecule has 0 N–H and O–H groups in total. The van der Waals surface area contributed by atoms with E-state index in [0.717, 1.165) is 17.7 Å². The van der Waals surface area contributed by atoms with Gasteiger partial charge < -0.3 is 9.47 Å². The molecule has 28 heavy (non-hydrogen) atoms. The number of amides is 1. The highest BCUT2D eigenvalue weighted by Gasteiger charge is 2.41. The van der Waals surface area contributed by atoms with Gasteiger partial charge in [0, 0.05) is 12.2 Å². The zero-order valence-corrected chi connectivity index (χ0v) is 17.0. The Balaban J connectivity index is 2.01. The molecule has 0 unspecified atom stereocenters. The van der Waals surface area contributed by atoms with E-state index in [0.29, 0.717) is 35.2 Å². The van der Waals surface area contributed by atoms with Crippen molar-refractivity contribution in [1.29, 1.82) is 0 Å². The predicted molar refractivity (Wildman–Crippen MR) is 110 cm³/mol. The number of fused-ring (bicyclic) bond motifs is 1. The number of benzene rings is 1. The number of rotatable bonds is 7. The van der Waals surface area contributed by atoms with E-state index in [1.165, 1.54) is 17.8 Å². The van der Waals surface area contributed by atoms with Crippen LogP contribution < -0.4 is 4.74 Å². The Morgan fingerprint density at radius 3 is 2.82 bits per heavy atom. The van der Waals surface area contributed by atoms with Crippen LogP contribution in [0.3, 0.4) is 0 Å². The maximum atomic E-state index is 12.8. The molecule has 0 radical (unpaired) electrons. The third-order valence-electron chi connectivity index (χ3n) is 4.43. The first-order chi connectivity index (χ1) is 13.6. The molecule has 2 aliphatic heterocycles. The molecule has 2 aliphatic rings. The Hall–Kier alpha value is -2.54. The summed E-state index contributed by atoms with van der Waals surface area (Å²) in [5.74, 6) is 0.912. The van der Waals surface area contributed by atoms with Gasteiger partial charge in [0.05, 0.1) is 23.9 Å². The van der Waals surface area contributed by atoms with Crippen LogP contribution in [0, 0.1) is 0 Å². The smallest absolute Gasteiger partial charge is 0.338 e. The second kappa shape index (κ2) is 9.10. The Morgan fingerprint density at radius 1 is 1.39 bits per heavy atom. The molecule has 0 aromatic heterocycles. The van der Waals surface area contributed by atoms with Crippen molar-refractivity contribution in [2.24, 2.45) is 4.99 Å². The highest BCUT2D eigenvalue weighted by molar-refractivity contribution is 8.14. The number of thioether (sulfide) groups is 1. The van der Waals surface area contributed by atoms with Gasteiger partial charge in [0.15, 0.2) is 5.17 Å². The highest BCUT2D eigenvalue weighted by atomic mass is 32.2. The Bertz CT molecular complexity index is 829. The quantitative estimate of drug-likeness (QED) is 0.514. The fraction of sp³-hybridized carbons (Fsp3) is 0.381. The van der Waals surface area contributed by atoms with Crippen molar-refractivity contribution in [2.75, 3.05) is 19.0 Å². The molecule has 0 bridgehead atoms. The first-order valence-electron chi connectivity index (χ1n) is 9.32. The number of ether oxygens (including phenoxy) is 2. The van der Waals surface area contributed by atoms with Crippen molar-refractivity contribution in [3.8, 4) is 5.75 Å². The summed E-state index contributed by atoms with van der Waals surface area (Å²) in [6, 6.07) is 6.93. The molecular formula is C21H24N2O4S. The van der Waals surface area contributed by atoms with E-state index >= 15 is 0 Å². The average Bonchev–Trinajstić information content (AvgIpc) is 2.70. The van der Waals surface area contributed by atoms with Crippen LogP contribution >= 0.6 is 11.8 Å². The van der Waals surface area contributed by atoms with Crippen LogP contribution in [-0.4, -0.2) is 40.9 Å². The maximum Gasteiger partial charge on any atom is 0.338 e. The highest BCUT2D eigenvalue weighted by Crippen LogP contribution is 2.40. The fourth-order valence-electron chi connectivity index (χ4n) is 3.15. The summed E-state index contributed by atoms with van der Waals surface area (Å²) in [5.41, 5.74) is 1.76. The molecule has 0 aliphatic carbocycles. The van der Waals surface area contributed by atoms with Gasteiger partial charge in [-0.25, -0.2) is 9.79 Å². The minimum absolute atomic E-state index is 0.0460. The number of amidine groups is 1. The molecular weight excluding hydrogens is 376 g/mol. The van der Waals surface area contributed by atoms with Crippen LogP contribution in [0.2, 0.25) is 0 Å². The second-order valence-corrected chi connectivity index (χ2v) is 7.52. The summed E-state index contributed by atoms with van der Waals surface area (Å²) in [7, 11) is 0. The number of nitrogens with zero attached hydrogens (tertiary/aromatic N) is 2. The number of hydrogen-bond acceptors (Lipinski definition) is 6. The molecule has 1 aromatic carbocycles. The lowest BCUT2D eigenvalue weighted by Gasteiger charge is -2.38. The summed E-state index contributed by atoms with van der Waals surface area (Å²) in [6.07, 6.45) is 2.85. The lowest BCUT2D eigenvalue weighted by molar-refractivity contribution is -0.139. The summed E-state index contributed by atoms with van der Waals surface area (Å²) in [6.45, 7) is 8.15. The van der Waals surface area contributed by atoms with Gasteiger partial charge in [-0.15, -0.1) is 0 Å². The lowest BCUT2D eigenvalue weighted by atomic mass is 9.94. The third kappa shape index (κ3) is 4.14. The van der Waals surface area contributed by atoms with Crippen LogP contribution in [0.15, 0.2) is 53.2 Å². The Kier molecular flexibility index (Phi) is 6.57. The monoisotopic (exact) mass is 400 g/mol. The summed E-state index contributed by atoms with van der Waals surface area (Å²) in [5, 5.41) is 0.630. The average molecular weight is 401 g/mol. The molecule has 0 saturated carbocycles. The molecule has 1 atom stereocenters. The predicted octanol–water partition coefficient (Wildman–Crippen LogP) is 3.85. The molecule has 1 fully saturated rings. The largest absolute Gasteiger partial charge is 0.494 e. The molecule has 6 nitrogen and oxygen atoms in total. The maximum absolute atomic E-state index is 12.8. The van der Waals surface area contributed by atoms with Crippen molar-refractivity contribution in [2.45, 2.75) is 32.7 Å². The van der Waals surface area contributed by atoms with Crippen molar-refractivity contribution in [3.63, 3.8) is 0 Å². The van der Waals surface area contributed by atoms with Gasteiger partial charge in [0.1, 0.15) is 12.4 Å². The first-order valence-corrected chi connectivity index (χ1v) is 10.3. The van der Waals surface area contributed by atoms with Gasteiger partial charge in [-0.1, -0.05) is 43.5 Å². The molecule has 1 saturated heterocycles. The molecule has 2 heterocycles. The standard InChI is InChI=1S/C21H24N2O4S/c1-4-11-26-16-8-6-15(7-9-16)19-18(20(25)27-12-5-2)14(3)22-21-23(19)17(24)10-13-28-21/h5-9,19H,2,4,10-13H2,1,3H3/t19-/m0/s1. The minimum atomic E-state index is -0.564. The number of hydrogen-bond donors (Lipinski definition) is 0. The topological polar surface area (TPSA) is 68.2 Å². The molecule has 0 spiro atoms. The van der Waals surface area contributed by atoms with Gasteiger partial charge in [0.2, 0.25) is 5.91 Å². The Labute approximate surface area is 169 Å². The van der Waals surface area contributed by atoms with E-state index in [-0.39, 0.29) is 12.5 Å². The van der Waals surface area contributed by atoms with Gasteiger partial charge >= 0.3 is 5.97 Å². The summed E-state index contributed by atoms with van der Waals surface area (Å²) in [4.78, 5) is 31.6. The van der Waals surface area contributed by atoms with Crippen LogP contribution in [0.1, 0.15) is 38.3 Å². The van der Waals surface area contributed by atoms with Crippen molar-refractivity contribution < 1.29 is 19.1 Å². The van der Waals surface area contributed by atoms with E-state index in [2.05, 4.69) is 11.6 Å². The van der Waals surface area contributed by atoms with Crippen LogP contribution in [0.4, 0.5) is 0 Å². The van der Waals surface area contributed by atoms with E-state index in [9.17, 15) is 9.59 Å². The fourth-order valence-corrected chi connectivity index (χ4v) is 4.16. The number of esters is 1. The lowest BCUT2D eigenvalue weighted by Crippen LogP contribution is -2.45. The number of aliphatic imine (C=N–C) groups is 1. The zero-order valence-electron chi connectivity index (χ0n) is 16.1. The molecule has 3 rings (SSSR count). The minimum Gasteiger partial charge on any atom is -0.494 e. The summed E-state index contributed by atoms with van der Waals surface area (Å²) >= 11 is 1.53. The van der Waals surface area contributed by atoms with Crippen LogP contribution in [-0.2, 0) is 14.3 Å². The van der Waals surface area contributed by atoms with Crippen molar-refractivity contribution in [1.82, 2.24) is 4.90 Å². The van der Waals surface area contributed by atoms with Gasteiger partial charge in [0.25, 0.3) is 0 Å². The number of carbonyl (C=O) groups is 2. The van der Waals surface area contributed by atoms with Crippen LogP contribution in [0.25, 0.3) is 0 Å². The molecule has 148 valence electrons. The zero-order chi connectivity index (χ0) is 20.1. The SMILES string of the molecule is C=CCOC(=O)C1=C(C)N=C2SCCC(=O)N2[C@H]1c1ccc(OCCC)cc1. The van der Waals surface area contributed by atoms with E-state index in [1.807, 2.05) is 31.2 Å². The van der Waals surface area contributed by atoms with E-state index < -0.39 is 12.0 Å². The first kappa shape index (κ1) is 20.2. The third-order valence-corrected chi connectivity index (χ3v) is 5.38. The molecule has 1 aromatic rings. The molecule has 1 amide bonds. The Morgan fingerprint density at radius 2 is 2.14 bits per heavy atom. The van der Waals surface area contributed by atoms with Crippen molar-refractivity contribution in [3.05, 3.63) is 53.8 Å². The van der Waals surface area contributed by atoms with Gasteiger partial charge in [-0.2, -0.15) is 0 Å².